The molecule has 1 amide bonds. The van der Waals surface area contributed by atoms with E-state index in [1.165, 1.54) is 16.7 Å². The first-order valence-corrected chi connectivity index (χ1v) is 11.3. The summed E-state index contributed by atoms with van der Waals surface area (Å²) in [6.07, 6.45) is 5.38. The van der Waals surface area contributed by atoms with Gasteiger partial charge in [0.25, 0.3) is 0 Å². The van der Waals surface area contributed by atoms with Gasteiger partial charge in [0.15, 0.2) is 5.78 Å². The van der Waals surface area contributed by atoms with Gasteiger partial charge >= 0.3 is 0 Å². The van der Waals surface area contributed by atoms with Gasteiger partial charge in [-0.15, -0.1) is 23.5 Å². The summed E-state index contributed by atoms with van der Waals surface area (Å²) in [5.74, 6) is 0.107. The van der Waals surface area contributed by atoms with Crippen LogP contribution < -0.4 is 5.32 Å². The predicted octanol–water partition coefficient (Wildman–Crippen LogP) is 6.04. The normalized spacial score (nSPS) is 10.8. The molecule has 0 bridgehead atoms. The van der Waals surface area contributed by atoms with Gasteiger partial charge in [0.1, 0.15) is 0 Å². The molecule has 1 N–H and O–H groups in total. The van der Waals surface area contributed by atoms with Crippen LogP contribution in [-0.4, -0.2) is 23.7 Å². The Kier molecular flexibility index (Phi) is 7.73. The Bertz CT molecular complexity index is 999. The van der Waals surface area contributed by atoms with Gasteiger partial charge in [0.05, 0.1) is 5.75 Å². The number of anilines is 1. The highest BCUT2D eigenvalue weighted by Crippen LogP contribution is 2.19. The number of amides is 1. The summed E-state index contributed by atoms with van der Waals surface area (Å²) in [5, 5.41) is 2.86. The summed E-state index contributed by atoms with van der Waals surface area (Å²) in [7, 11) is 0. The minimum absolute atomic E-state index is 0.103. The number of ketones is 1. The van der Waals surface area contributed by atoms with E-state index in [4.69, 9.17) is 0 Å². The van der Waals surface area contributed by atoms with Gasteiger partial charge in [-0.25, -0.2) is 0 Å². The molecule has 3 aromatic rings. The molecule has 29 heavy (non-hydrogen) atoms. The maximum atomic E-state index is 12.5. The molecule has 5 heteroatoms. The lowest BCUT2D eigenvalue weighted by Crippen LogP contribution is -2.14. The van der Waals surface area contributed by atoms with Gasteiger partial charge < -0.3 is 5.32 Å². The maximum absolute atomic E-state index is 12.5. The minimum atomic E-state index is -0.104. The molecule has 0 fully saturated rings. The van der Waals surface area contributed by atoms with Gasteiger partial charge in [-0.05, 0) is 54.3 Å². The number of rotatable bonds is 8. The number of hydrogen-bond donors (Lipinski definition) is 1. The highest BCUT2D eigenvalue weighted by molar-refractivity contribution is 8.00. The van der Waals surface area contributed by atoms with E-state index in [2.05, 4.69) is 5.32 Å². The number of carbonyl (C=O) groups is 2. The molecule has 3 nitrogen and oxygen atoms in total. The second-order valence-electron chi connectivity index (χ2n) is 6.20. The zero-order chi connectivity index (χ0) is 20.5. The van der Waals surface area contributed by atoms with Crippen LogP contribution in [0, 0.1) is 0 Å². The van der Waals surface area contributed by atoms with E-state index in [9.17, 15) is 9.59 Å². The monoisotopic (exact) mass is 419 g/mol. The van der Waals surface area contributed by atoms with Crippen molar-refractivity contribution in [3.8, 4) is 0 Å². The second kappa shape index (κ2) is 10.7. The van der Waals surface area contributed by atoms with Crippen LogP contribution in [0.25, 0.3) is 6.08 Å². The number of carbonyl (C=O) groups excluding carboxylic acids is 2. The Morgan fingerprint density at radius 3 is 2.38 bits per heavy atom. The van der Waals surface area contributed by atoms with Crippen LogP contribution >= 0.6 is 23.5 Å². The molecule has 0 heterocycles. The number of nitrogens with one attached hydrogen (secondary N) is 1. The average molecular weight is 420 g/mol. The number of thioether (sulfide) groups is 2. The molecular weight excluding hydrogens is 398 g/mol. The molecular formula is C24H21NO2S2. The molecule has 146 valence electrons. The molecule has 3 rings (SSSR count). The van der Waals surface area contributed by atoms with E-state index >= 15 is 0 Å². The summed E-state index contributed by atoms with van der Waals surface area (Å²) in [6, 6.07) is 24.8. The maximum Gasteiger partial charge on any atom is 0.234 e. The number of hydrogen-bond acceptors (Lipinski definition) is 4. The lowest BCUT2D eigenvalue weighted by molar-refractivity contribution is -0.113. The molecule has 0 saturated heterocycles. The van der Waals surface area contributed by atoms with Gasteiger partial charge in [0.2, 0.25) is 5.91 Å². The van der Waals surface area contributed by atoms with Crippen LogP contribution in [0.5, 0.6) is 0 Å². The summed E-state index contributed by atoms with van der Waals surface area (Å²) in [6.45, 7) is 0. The van der Waals surface area contributed by atoms with Crippen LogP contribution in [0.1, 0.15) is 15.9 Å². The van der Waals surface area contributed by atoms with Gasteiger partial charge in [-0.2, -0.15) is 0 Å². The molecule has 0 unspecified atom stereocenters. The largest absolute Gasteiger partial charge is 0.325 e. The molecule has 0 radical (unpaired) electrons. The number of benzene rings is 3. The Balaban J connectivity index is 1.58. The van der Waals surface area contributed by atoms with E-state index in [0.29, 0.717) is 17.0 Å². The summed E-state index contributed by atoms with van der Waals surface area (Å²) >= 11 is 3.16. The molecule has 0 saturated carbocycles. The van der Waals surface area contributed by atoms with Crippen molar-refractivity contribution in [1.82, 2.24) is 0 Å². The molecule has 0 spiro atoms. The van der Waals surface area contributed by atoms with E-state index in [1.54, 1.807) is 48.2 Å². The Morgan fingerprint density at radius 2 is 1.66 bits per heavy atom. The highest BCUT2D eigenvalue weighted by atomic mass is 32.2. The molecule has 0 aliphatic carbocycles. The predicted molar refractivity (Wildman–Crippen MR) is 124 cm³/mol. The fourth-order valence-corrected chi connectivity index (χ4v) is 3.72. The van der Waals surface area contributed by atoms with Crippen molar-refractivity contribution in [2.75, 3.05) is 17.3 Å². The van der Waals surface area contributed by atoms with Crippen LogP contribution in [0.2, 0.25) is 0 Å². The quantitative estimate of drug-likeness (QED) is 0.275. The number of allylic oxidation sites excluding steroid dienone is 1. The second-order valence-corrected chi connectivity index (χ2v) is 8.13. The van der Waals surface area contributed by atoms with Crippen LogP contribution in [-0.2, 0) is 4.79 Å². The van der Waals surface area contributed by atoms with Crippen molar-refractivity contribution in [2.45, 2.75) is 9.79 Å². The van der Waals surface area contributed by atoms with Crippen molar-refractivity contribution in [3.63, 3.8) is 0 Å². The van der Waals surface area contributed by atoms with Crippen molar-refractivity contribution in [3.05, 3.63) is 96.1 Å². The molecule has 3 aromatic carbocycles. The first-order chi connectivity index (χ1) is 14.1. The smallest absolute Gasteiger partial charge is 0.234 e. The summed E-state index contributed by atoms with van der Waals surface area (Å²) < 4.78 is 0. The third kappa shape index (κ3) is 6.66. The fraction of sp³-hybridized carbons (Fsp3) is 0.0833. The zero-order valence-corrected chi connectivity index (χ0v) is 17.6. The Morgan fingerprint density at radius 1 is 0.897 bits per heavy atom. The van der Waals surface area contributed by atoms with Crippen molar-refractivity contribution in [2.24, 2.45) is 0 Å². The first-order valence-electron chi connectivity index (χ1n) is 9.08. The lowest BCUT2D eigenvalue weighted by atomic mass is 10.1. The minimum Gasteiger partial charge on any atom is -0.325 e. The van der Waals surface area contributed by atoms with Gasteiger partial charge in [0, 0.05) is 21.0 Å². The summed E-state index contributed by atoms with van der Waals surface area (Å²) in [4.78, 5) is 26.9. The molecule has 0 aliphatic rings. The van der Waals surface area contributed by atoms with Crippen LogP contribution in [0.4, 0.5) is 5.69 Å². The SMILES string of the molecule is CSc1ccc(C=CC(=O)c2cccc(NC(=O)CSc3ccccc3)c2)cc1. The average Bonchev–Trinajstić information content (AvgIpc) is 2.77. The molecule has 0 aliphatic heterocycles. The summed E-state index contributed by atoms with van der Waals surface area (Å²) in [5.41, 5.74) is 2.13. The fourth-order valence-electron chi connectivity index (χ4n) is 2.60. The highest BCUT2D eigenvalue weighted by Gasteiger charge is 2.07. The molecule has 0 aromatic heterocycles. The molecule has 0 atom stereocenters. The van der Waals surface area contributed by atoms with Crippen molar-refractivity contribution < 1.29 is 9.59 Å². The van der Waals surface area contributed by atoms with Crippen molar-refractivity contribution >= 4 is 47.0 Å². The van der Waals surface area contributed by atoms with E-state index in [1.807, 2.05) is 60.9 Å². The first kappa shape index (κ1) is 21.0. The third-order valence-corrected chi connectivity index (χ3v) is 5.84. The van der Waals surface area contributed by atoms with E-state index in [0.717, 1.165) is 10.5 Å². The Hall–Kier alpha value is -2.76. The topological polar surface area (TPSA) is 46.2 Å². The van der Waals surface area contributed by atoms with Crippen LogP contribution in [0.15, 0.2) is 94.7 Å². The standard InChI is InChI=1S/C24H21NO2S2/c1-28-21-13-10-18(11-14-21)12-15-23(26)19-6-5-7-20(16-19)25-24(27)17-29-22-8-3-2-4-9-22/h2-16H,17H2,1H3,(H,25,27). The van der Waals surface area contributed by atoms with Crippen molar-refractivity contribution in [1.29, 1.82) is 0 Å². The third-order valence-electron chi connectivity index (χ3n) is 4.09. The van der Waals surface area contributed by atoms with Gasteiger partial charge in [-0.1, -0.05) is 48.5 Å². The van der Waals surface area contributed by atoms with Crippen LogP contribution in [0.3, 0.4) is 0 Å². The lowest BCUT2D eigenvalue weighted by Gasteiger charge is -2.06. The van der Waals surface area contributed by atoms with Gasteiger partial charge in [-0.3, -0.25) is 9.59 Å². The van der Waals surface area contributed by atoms with E-state index < -0.39 is 0 Å². The Labute approximate surface area is 179 Å². The van der Waals surface area contributed by atoms with E-state index in [-0.39, 0.29) is 11.7 Å². The zero-order valence-electron chi connectivity index (χ0n) is 16.0.